The van der Waals surface area contributed by atoms with Crippen molar-refractivity contribution in [3.05, 3.63) is 60.3 Å². The van der Waals surface area contributed by atoms with Gasteiger partial charge in [0.2, 0.25) is 5.95 Å². The third-order valence-corrected chi connectivity index (χ3v) is 8.85. The summed E-state index contributed by atoms with van der Waals surface area (Å²) in [5.41, 5.74) is 4.02. The fraction of sp³-hybridized carbons (Fsp3) is 0.367. The van der Waals surface area contributed by atoms with Crippen LogP contribution in [0.2, 0.25) is 0 Å². The van der Waals surface area contributed by atoms with Crippen LogP contribution < -0.4 is 15.0 Å². The summed E-state index contributed by atoms with van der Waals surface area (Å²) in [5.74, 6) is 0.799. The first-order valence-corrected chi connectivity index (χ1v) is 14.6. The van der Waals surface area contributed by atoms with Gasteiger partial charge in [0.15, 0.2) is 0 Å². The van der Waals surface area contributed by atoms with E-state index in [-0.39, 0.29) is 5.97 Å². The molecule has 0 spiro atoms. The molecule has 2 saturated heterocycles. The van der Waals surface area contributed by atoms with Gasteiger partial charge in [0.1, 0.15) is 10.8 Å². The number of esters is 1. The summed E-state index contributed by atoms with van der Waals surface area (Å²) in [6.07, 6.45) is 6.92. The Labute approximate surface area is 238 Å². The minimum Gasteiger partial charge on any atom is -0.494 e. The second-order valence-electron chi connectivity index (χ2n) is 10.2. The highest BCUT2D eigenvalue weighted by Gasteiger charge is 2.27. The summed E-state index contributed by atoms with van der Waals surface area (Å²) in [6.45, 7) is 4.62. The van der Waals surface area contributed by atoms with Crippen molar-refractivity contribution in [3.8, 4) is 5.75 Å². The Balaban J connectivity index is 1.22. The zero-order valence-electron chi connectivity index (χ0n) is 22.9. The number of rotatable bonds is 8. The lowest BCUT2D eigenvalue weighted by Crippen LogP contribution is -2.43. The van der Waals surface area contributed by atoms with Crippen molar-refractivity contribution in [1.29, 1.82) is 0 Å². The van der Waals surface area contributed by atoms with Crippen molar-refractivity contribution in [2.75, 3.05) is 50.6 Å². The van der Waals surface area contributed by atoms with E-state index in [1.54, 1.807) is 13.2 Å². The predicted octanol–water partition coefficient (Wildman–Crippen LogP) is 5.71. The highest BCUT2D eigenvalue weighted by Crippen LogP contribution is 2.36. The summed E-state index contributed by atoms with van der Waals surface area (Å²) < 4.78 is 10.8. The minimum atomic E-state index is -0.386. The second kappa shape index (κ2) is 11.8. The second-order valence-corrected chi connectivity index (χ2v) is 11.2. The van der Waals surface area contributed by atoms with Gasteiger partial charge >= 0.3 is 5.97 Å². The fourth-order valence-electron chi connectivity index (χ4n) is 5.68. The summed E-state index contributed by atoms with van der Waals surface area (Å²) in [7, 11) is 3.07. The van der Waals surface area contributed by atoms with Crippen LogP contribution in [0, 0.1) is 0 Å². The van der Waals surface area contributed by atoms with Crippen molar-refractivity contribution in [2.45, 2.75) is 41.6 Å². The van der Waals surface area contributed by atoms with Crippen molar-refractivity contribution in [3.63, 3.8) is 0 Å². The van der Waals surface area contributed by atoms with Crippen LogP contribution in [0.1, 0.15) is 36.0 Å². The number of carbonyl (C=O) groups excluding carboxylic acids is 1. The number of piperidine rings is 1. The van der Waals surface area contributed by atoms with Gasteiger partial charge in [0, 0.05) is 42.0 Å². The van der Waals surface area contributed by atoms with Crippen LogP contribution in [-0.4, -0.2) is 72.3 Å². The standard InChI is InChI=1S/C30H34N6O3S/c1-38-25-19-21(36-17-12-20(13-18-36)35-15-5-6-16-35)9-10-23(25)32-30-33-24-11-14-31-27(24)28(34-30)40-26-8-4-3-7-22(26)29(37)39-2/h3-4,7-11,14,19-20,31H,5-6,12-13,15-18H2,1-2H3,(H,32,33,34). The normalized spacial score (nSPS) is 16.4. The Bertz CT molecular complexity index is 1490. The zero-order chi connectivity index (χ0) is 27.5. The summed E-state index contributed by atoms with van der Waals surface area (Å²) in [6, 6.07) is 16.2. The molecule has 0 atom stereocenters. The van der Waals surface area contributed by atoms with Gasteiger partial charge in [-0.1, -0.05) is 23.9 Å². The quantitative estimate of drug-likeness (QED) is 0.208. The fourth-order valence-corrected chi connectivity index (χ4v) is 6.70. The Hall–Kier alpha value is -3.76. The number of carbonyl (C=O) groups is 1. The molecule has 2 aromatic carbocycles. The molecule has 0 unspecified atom stereocenters. The third kappa shape index (κ3) is 5.46. The average Bonchev–Trinajstić information content (AvgIpc) is 3.70. The number of nitrogens with one attached hydrogen (secondary N) is 2. The maximum absolute atomic E-state index is 12.3. The van der Waals surface area contributed by atoms with E-state index in [1.807, 2.05) is 36.5 Å². The number of benzene rings is 2. The Morgan fingerprint density at radius 3 is 2.60 bits per heavy atom. The summed E-state index contributed by atoms with van der Waals surface area (Å²) >= 11 is 1.39. The molecule has 208 valence electrons. The maximum Gasteiger partial charge on any atom is 0.339 e. The van der Waals surface area contributed by atoms with Crippen LogP contribution in [0.3, 0.4) is 0 Å². The third-order valence-electron chi connectivity index (χ3n) is 7.79. The molecule has 4 heterocycles. The van der Waals surface area contributed by atoms with Crippen LogP contribution in [-0.2, 0) is 4.74 Å². The van der Waals surface area contributed by atoms with E-state index in [2.05, 4.69) is 32.2 Å². The highest BCUT2D eigenvalue weighted by molar-refractivity contribution is 7.99. The van der Waals surface area contributed by atoms with Crippen molar-refractivity contribution < 1.29 is 14.3 Å². The Kier molecular flexibility index (Phi) is 7.79. The van der Waals surface area contributed by atoms with Crippen LogP contribution in [0.25, 0.3) is 11.0 Å². The number of anilines is 3. The first kappa shape index (κ1) is 26.5. The van der Waals surface area contributed by atoms with Gasteiger partial charge in [0.25, 0.3) is 0 Å². The number of likely N-dealkylation sites (tertiary alicyclic amines) is 1. The molecule has 4 aromatic rings. The molecule has 2 aromatic heterocycles. The number of methoxy groups -OCH3 is 2. The van der Waals surface area contributed by atoms with Crippen molar-refractivity contribution >= 4 is 46.1 Å². The molecule has 2 N–H and O–H groups in total. The molecule has 0 radical (unpaired) electrons. The van der Waals surface area contributed by atoms with E-state index in [4.69, 9.17) is 19.4 Å². The smallest absolute Gasteiger partial charge is 0.339 e. The molecule has 0 aliphatic carbocycles. The number of fused-ring (bicyclic) bond motifs is 1. The monoisotopic (exact) mass is 558 g/mol. The molecule has 2 aliphatic heterocycles. The SMILES string of the molecule is COC(=O)c1ccccc1Sc1nc(Nc2ccc(N3CCC(N4CCCC4)CC3)cc2OC)nc2cc[nH]c12. The first-order chi connectivity index (χ1) is 19.6. The first-order valence-electron chi connectivity index (χ1n) is 13.8. The maximum atomic E-state index is 12.3. The molecule has 0 saturated carbocycles. The predicted molar refractivity (Wildman–Crippen MR) is 158 cm³/mol. The van der Waals surface area contributed by atoms with E-state index >= 15 is 0 Å². The van der Waals surface area contributed by atoms with Crippen LogP contribution in [0.5, 0.6) is 5.75 Å². The summed E-state index contributed by atoms with van der Waals surface area (Å²) in [4.78, 5) is 31.0. The van der Waals surface area contributed by atoms with Gasteiger partial charge in [-0.15, -0.1) is 0 Å². The lowest BCUT2D eigenvalue weighted by Gasteiger charge is -2.38. The van der Waals surface area contributed by atoms with Crippen LogP contribution >= 0.6 is 11.8 Å². The molecule has 2 fully saturated rings. The van der Waals surface area contributed by atoms with Crippen molar-refractivity contribution in [1.82, 2.24) is 19.9 Å². The van der Waals surface area contributed by atoms with E-state index in [1.165, 1.54) is 63.3 Å². The molecule has 0 amide bonds. The average molecular weight is 559 g/mol. The molecular formula is C30H34N6O3S. The number of aromatic nitrogens is 3. The van der Waals surface area contributed by atoms with E-state index < -0.39 is 0 Å². The molecule has 10 heteroatoms. The zero-order valence-corrected chi connectivity index (χ0v) is 23.7. The topological polar surface area (TPSA) is 95.6 Å². The van der Waals surface area contributed by atoms with Gasteiger partial charge in [-0.05, 0) is 69.1 Å². The molecule has 9 nitrogen and oxygen atoms in total. The van der Waals surface area contributed by atoms with Crippen LogP contribution in [0.15, 0.2) is 64.6 Å². The van der Waals surface area contributed by atoms with E-state index in [0.717, 1.165) is 40.5 Å². The Morgan fingerprint density at radius 1 is 1.02 bits per heavy atom. The number of aromatic amines is 1. The number of nitrogens with zero attached hydrogens (tertiary/aromatic N) is 4. The molecular weight excluding hydrogens is 524 g/mol. The number of hydrogen-bond donors (Lipinski definition) is 2. The van der Waals surface area contributed by atoms with Gasteiger partial charge in [-0.25, -0.2) is 14.8 Å². The van der Waals surface area contributed by atoms with E-state index in [0.29, 0.717) is 22.6 Å². The largest absolute Gasteiger partial charge is 0.494 e. The Morgan fingerprint density at radius 2 is 1.82 bits per heavy atom. The van der Waals surface area contributed by atoms with E-state index in [9.17, 15) is 4.79 Å². The van der Waals surface area contributed by atoms with Gasteiger partial charge in [-0.3, -0.25) is 0 Å². The molecule has 0 bridgehead atoms. The molecule has 40 heavy (non-hydrogen) atoms. The van der Waals surface area contributed by atoms with Crippen LogP contribution in [0.4, 0.5) is 17.3 Å². The summed E-state index contributed by atoms with van der Waals surface area (Å²) in [5, 5.41) is 4.06. The van der Waals surface area contributed by atoms with Crippen molar-refractivity contribution in [2.24, 2.45) is 0 Å². The van der Waals surface area contributed by atoms with Gasteiger partial charge < -0.3 is 29.6 Å². The van der Waals surface area contributed by atoms with Gasteiger partial charge in [0.05, 0.1) is 36.5 Å². The lowest BCUT2D eigenvalue weighted by atomic mass is 10.0. The molecule has 6 rings (SSSR count). The lowest BCUT2D eigenvalue weighted by molar-refractivity contribution is 0.0597. The molecule has 2 aliphatic rings. The number of H-pyrrole nitrogens is 1. The highest BCUT2D eigenvalue weighted by atomic mass is 32.2. The number of hydrogen-bond acceptors (Lipinski definition) is 9. The number of ether oxygens (including phenoxy) is 2. The van der Waals surface area contributed by atoms with Gasteiger partial charge in [-0.2, -0.15) is 0 Å². The minimum absolute atomic E-state index is 0.386.